The maximum absolute atomic E-state index is 6.03. The number of hydrogen-bond acceptors (Lipinski definition) is 3. The summed E-state index contributed by atoms with van der Waals surface area (Å²) in [6.07, 6.45) is 2.33. The molecule has 1 fully saturated rings. The third-order valence-corrected chi connectivity index (χ3v) is 3.47. The predicted molar refractivity (Wildman–Crippen MR) is 72.4 cm³/mol. The van der Waals surface area contributed by atoms with Crippen molar-refractivity contribution >= 4 is 11.4 Å². The molecule has 0 amide bonds. The third kappa shape index (κ3) is 3.13. The van der Waals surface area contributed by atoms with Crippen molar-refractivity contribution in [1.82, 2.24) is 0 Å². The number of nitrogens with zero attached hydrogens (tertiary/aromatic N) is 1. The van der Waals surface area contributed by atoms with Gasteiger partial charge < -0.3 is 15.4 Å². The van der Waals surface area contributed by atoms with Crippen LogP contribution in [0.1, 0.15) is 18.4 Å². The summed E-state index contributed by atoms with van der Waals surface area (Å²) in [5.41, 5.74) is 9.30. The normalized spacial score (nSPS) is 17.1. The highest BCUT2D eigenvalue weighted by Gasteiger charge is 2.16. The van der Waals surface area contributed by atoms with E-state index in [1.807, 2.05) is 6.07 Å². The fourth-order valence-electron chi connectivity index (χ4n) is 2.40. The minimum atomic E-state index is 0.730. The summed E-state index contributed by atoms with van der Waals surface area (Å²) < 4.78 is 5.39. The molecule has 1 heterocycles. The van der Waals surface area contributed by atoms with Crippen LogP contribution < -0.4 is 10.6 Å². The first-order chi connectivity index (χ1) is 8.16. The molecular formula is C14H22N2O. The monoisotopic (exact) mass is 234 g/mol. The van der Waals surface area contributed by atoms with Gasteiger partial charge in [0.25, 0.3) is 0 Å². The smallest absolute Gasteiger partial charge is 0.0600 e. The summed E-state index contributed by atoms with van der Waals surface area (Å²) in [7, 11) is 2.13. The minimum absolute atomic E-state index is 0.730. The van der Waals surface area contributed by atoms with Crippen LogP contribution in [0.4, 0.5) is 11.4 Å². The number of hydrogen-bond donors (Lipinski definition) is 1. The maximum atomic E-state index is 6.03. The Hall–Kier alpha value is -1.22. The number of benzene rings is 1. The largest absolute Gasteiger partial charge is 0.397 e. The quantitative estimate of drug-likeness (QED) is 0.816. The van der Waals surface area contributed by atoms with E-state index < -0.39 is 0 Å². The van der Waals surface area contributed by atoms with Crippen molar-refractivity contribution in [2.24, 2.45) is 5.92 Å². The van der Waals surface area contributed by atoms with Gasteiger partial charge in [-0.15, -0.1) is 0 Å². The Morgan fingerprint density at radius 3 is 2.76 bits per heavy atom. The molecule has 0 radical (unpaired) electrons. The summed E-state index contributed by atoms with van der Waals surface area (Å²) in [5.74, 6) is 0.730. The zero-order valence-electron chi connectivity index (χ0n) is 10.8. The Morgan fingerprint density at radius 2 is 2.06 bits per heavy atom. The molecule has 2 rings (SSSR count). The van der Waals surface area contributed by atoms with Crippen molar-refractivity contribution in [1.29, 1.82) is 0 Å². The number of nitrogen functional groups attached to an aromatic ring is 1. The molecule has 0 bridgehead atoms. The zero-order chi connectivity index (χ0) is 12.3. The minimum Gasteiger partial charge on any atom is -0.397 e. The van der Waals surface area contributed by atoms with E-state index in [1.165, 1.54) is 5.56 Å². The van der Waals surface area contributed by atoms with Gasteiger partial charge in [-0.05, 0) is 43.4 Å². The van der Waals surface area contributed by atoms with Gasteiger partial charge in [-0.2, -0.15) is 0 Å². The molecule has 1 aromatic rings. The molecule has 3 heteroatoms. The van der Waals surface area contributed by atoms with E-state index in [0.29, 0.717) is 0 Å². The SMILES string of the molecule is Cc1ccc(N)c(N(C)CC2CCOCC2)c1. The van der Waals surface area contributed by atoms with Crippen LogP contribution in [0.5, 0.6) is 0 Å². The van der Waals surface area contributed by atoms with Crippen LogP contribution in [0, 0.1) is 12.8 Å². The Bertz CT molecular complexity index is 372. The molecule has 0 aliphatic carbocycles. The topological polar surface area (TPSA) is 38.5 Å². The molecule has 0 aromatic heterocycles. The van der Waals surface area contributed by atoms with Gasteiger partial charge in [-0.25, -0.2) is 0 Å². The van der Waals surface area contributed by atoms with E-state index in [2.05, 4.69) is 31.0 Å². The number of nitrogens with two attached hydrogens (primary N) is 1. The maximum Gasteiger partial charge on any atom is 0.0600 e. The molecule has 2 N–H and O–H groups in total. The molecule has 0 spiro atoms. The lowest BCUT2D eigenvalue weighted by Gasteiger charge is -2.29. The fraction of sp³-hybridized carbons (Fsp3) is 0.571. The van der Waals surface area contributed by atoms with Crippen molar-refractivity contribution in [3.8, 4) is 0 Å². The highest BCUT2D eigenvalue weighted by atomic mass is 16.5. The average molecular weight is 234 g/mol. The van der Waals surface area contributed by atoms with E-state index in [4.69, 9.17) is 10.5 Å². The number of rotatable bonds is 3. The molecule has 1 aromatic carbocycles. The van der Waals surface area contributed by atoms with Crippen molar-refractivity contribution in [2.75, 3.05) is 37.4 Å². The molecule has 1 aliphatic rings. The van der Waals surface area contributed by atoms with Gasteiger partial charge >= 0.3 is 0 Å². The highest BCUT2D eigenvalue weighted by molar-refractivity contribution is 5.68. The molecule has 0 atom stereocenters. The van der Waals surface area contributed by atoms with Gasteiger partial charge in [-0.3, -0.25) is 0 Å². The number of ether oxygens (including phenoxy) is 1. The standard InChI is InChI=1S/C14H22N2O/c1-11-3-4-13(15)14(9-11)16(2)10-12-5-7-17-8-6-12/h3-4,9,12H,5-8,10,15H2,1-2H3. The van der Waals surface area contributed by atoms with Gasteiger partial charge in [0.1, 0.15) is 0 Å². The second-order valence-electron chi connectivity index (χ2n) is 5.00. The lowest BCUT2D eigenvalue weighted by atomic mass is 9.99. The van der Waals surface area contributed by atoms with Crippen molar-refractivity contribution in [3.05, 3.63) is 23.8 Å². The first-order valence-corrected chi connectivity index (χ1v) is 6.32. The Kier molecular flexibility index (Phi) is 3.89. The van der Waals surface area contributed by atoms with Crippen LogP contribution in [0.2, 0.25) is 0 Å². The molecule has 0 unspecified atom stereocenters. The van der Waals surface area contributed by atoms with Crippen LogP contribution in [0.25, 0.3) is 0 Å². The van der Waals surface area contributed by atoms with Crippen molar-refractivity contribution in [2.45, 2.75) is 19.8 Å². The Labute approximate surface area is 104 Å². The molecule has 17 heavy (non-hydrogen) atoms. The lowest BCUT2D eigenvalue weighted by Crippen LogP contribution is -2.30. The third-order valence-electron chi connectivity index (χ3n) is 3.47. The zero-order valence-corrected chi connectivity index (χ0v) is 10.8. The Balaban J connectivity index is 2.02. The molecule has 0 saturated carbocycles. The van der Waals surface area contributed by atoms with Crippen molar-refractivity contribution < 1.29 is 4.74 Å². The highest BCUT2D eigenvalue weighted by Crippen LogP contribution is 2.25. The van der Waals surface area contributed by atoms with Crippen LogP contribution in [0.15, 0.2) is 18.2 Å². The molecule has 1 saturated heterocycles. The van der Waals surface area contributed by atoms with E-state index in [-0.39, 0.29) is 0 Å². The van der Waals surface area contributed by atoms with Crippen LogP contribution >= 0.6 is 0 Å². The molecule has 94 valence electrons. The van der Waals surface area contributed by atoms with Gasteiger partial charge in [0, 0.05) is 26.8 Å². The second-order valence-corrected chi connectivity index (χ2v) is 5.00. The average Bonchev–Trinajstić information content (AvgIpc) is 2.33. The van der Waals surface area contributed by atoms with Crippen molar-refractivity contribution in [3.63, 3.8) is 0 Å². The molecule has 3 nitrogen and oxygen atoms in total. The van der Waals surface area contributed by atoms with E-state index in [9.17, 15) is 0 Å². The summed E-state index contributed by atoms with van der Waals surface area (Å²) in [4.78, 5) is 2.28. The van der Waals surface area contributed by atoms with E-state index in [0.717, 1.165) is 49.9 Å². The van der Waals surface area contributed by atoms with Crippen LogP contribution in [-0.2, 0) is 4.74 Å². The first kappa shape index (κ1) is 12.2. The lowest BCUT2D eigenvalue weighted by molar-refractivity contribution is 0.0685. The summed E-state index contributed by atoms with van der Waals surface area (Å²) in [6, 6.07) is 6.21. The summed E-state index contributed by atoms with van der Waals surface area (Å²) in [5, 5.41) is 0. The number of anilines is 2. The van der Waals surface area contributed by atoms with E-state index in [1.54, 1.807) is 0 Å². The van der Waals surface area contributed by atoms with Gasteiger partial charge in [0.15, 0.2) is 0 Å². The second kappa shape index (κ2) is 5.41. The molecule has 1 aliphatic heterocycles. The number of aryl methyl sites for hydroxylation is 1. The predicted octanol–water partition coefficient (Wildman–Crippen LogP) is 2.44. The van der Waals surface area contributed by atoms with Gasteiger partial charge in [0.05, 0.1) is 11.4 Å². The van der Waals surface area contributed by atoms with Gasteiger partial charge in [0.2, 0.25) is 0 Å². The van der Waals surface area contributed by atoms with E-state index >= 15 is 0 Å². The molecular weight excluding hydrogens is 212 g/mol. The van der Waals surface area contributed by atoms with Crippen LogP contribution in [-0.4, -0.2) is 26.8 Å². The van der Waals surface area contributed by atoms with Gasteiger partial charge in [-0.1, -0.05) is 6.07 Å². The first-order valence-electron chi connectivity index (χ1n) is 6.32. The summed E-state index contributed by atoms with van der Waals surface area (Å²) >= 11 is 0. The summed E-state index contributed by atoms with van der Waals surface area (Å²) in [6.45, 7) is 4.98. The Morgan fingerprint density at radius 1 is 1.35 bits per heavy atom. The van der Waals surface area contributed by atoms with Crippen LogP contribution in [0.3, 0.4) is 0 Å². The fourth-order valence-corrected chi connectivity index (χ4v) is 2.40.